The number of aliphatic hydroxyl groups is 4. The fraction of sp³-hybridized carbons (Fsp3) is 0.467. The fourth-order valence-electron chi connectivity index (χ4n) is 5.43. The third-order valence-corrected chi connectivity index (χ3v) is 7.85. The van der Waals surface area contributed by atoms with E-state index < -0.39 is 109 Å². The Morgan fingerprint density at radius 3 is 2.31 bits per heavy atom. The van der Waals surface area contributed by atoms with Crippen molar-refractivity contribution in [1.29, 1.82) is 0 Å². The summed E-state index contributed by atoms with van der Waals surface area (Å²) >= 11 is 0. The van der Waals surface area contributed by atoms with Crippen LogP contribution in [0.5, 0.6) is 11.5 Å². The summed E-state index contributed by atoms with van der Waals surface area (Å²) in [6.07, 6.45) is -6.86. The lowest BCUT2D eigenvalue weighted by Gasteiger charge is -2.40. The molecule has 1 unspecified atom stereocenters. The van der Waals surface area contributed by atoms with Crippen LogP contribution >= 0.6 is 0 Å². The zero-order valence-corrected chi connectivity index (χ0v) is 25.6. The number of nitrogens with zero attached hydrogens (tertiary/aromatic N) is 2. The SMILES string of the molecule is CC(O)(CC(=O)O)CC(=O)OC[C@H]1O[C@@H](Oc2cc3c(cc2O)N(/C=C/C2=CC(C(=O)O)=N[C@H](C(=O)O)C2)[C@H](C(=O)O)C3)[C@H](O)[C@@H](O)[C@@H]1O. The van der Waals surface area contributed by atoms with Crippen molar-refractivity contribution < 1.29 is 84.1 Å². The van der Waals surface area contributed by atoms with Gasteiger partial charge in [-0.25, -0.2) is 14.4 Å². The Morgan fingerprint density at radius 2 is 1.69 bits per heavy atom. The summed E-state index contributed by atoms with van der Waals surface area (Å²) in [5.74, 6) is -7.41. The summed E-state index contributed by atoms with van der Waals surface area (Å²) in [6.45, 7) is 0.389. The third-order valence-electron chi connectivity index (χ3n) is 7.85. The predicted molar refractivity (Wildman–Crippen MR) is 160 cm³/mol. The Balaban J connectivity index is 1.51. The van der Waals surface area contributed by atoms with Crippen LogP contribution in [0.2, 0.25) is 0 Å². The number of hydrogen-bond donors (Lipinski definition) is 9. The van der Waals surface area contributed by atoms with Crippen molar-refractivity contribution >= 4 is 41.2 Å². The highest BCUT2D eigenvalue weighted by Gasteiger charge is 2.46. The second-order valence-electron chi connectivity index (χ2n) is 11.9. The van der Waals surface area contributed by atoms with Crippen LogP contribution in [-0.2, 0) is 39.9 Å². The zero-order chi connectivity index (χ0) is 36.4. The molecular formula is C30H34N2O17. The number of phenols is 1. The monoisotopic (exact) mass is 694 g/mol. The van der Waals surface area contributed by atoms with Crippen LogP contribution in [0.15, 0.2) is 41.1 Å². The van der Waals surface area contributed by atoms with Crippen LogP contribution in [0.3, 0.4) is 0 Å². The molecule has 0 radical (unpaired) electrons. The molecule has 1 aromatic rings. The molecule has 0 saturated carbocycles. The number of aliphatic carboxylic acids is 4. The fourth-order valence-corrected chi connectivity index (χ4v) is 5.43. The molecule has 8 atom stereocenters. The van der Waals surface area contributed by atoms with Crippen LogP contribution in [0.4, 0.5) is 5.69 Å². The van der Waals surface area contributed by atoms with E-state index in [0.717, 1.165) is 19.1 Å². The van der Waals surface area contributed by atoms with E-state index in [2.05, 4.69) is 4.99 Å². The van der Waals surface area contributed by atoms with E-state index in [1.165, 1.54) is 23.2 Å². The van der Waals surface area contributed by atoms with Gasteiger partial charge >= 0.3 is 29.8 Å². The quantitative estimate of drug-likeness (QED) is 0.105. The highest BCUT2D eigenvalue weighted by Crippen LogP contribution is 2.42. The standard InChI is InChI=1S/C30H34N2O17/c1-30(46,9-21(34)35)10-22(36)47-11-20-23(37)24(38)25(39)29(49-20)48-19-7-13-6-17(28(44)45)32(16(13)8-18(19)33)3-2-12-4-14(26(40)41)31-15(5-12)27(42)43/h2-4,7-8,15,17,20,23-25,29,33,37-39,46H,5-6,9-11H2,1H3,(H,34,35)(H,40,41)(H,42,43)(H,44,45)/b3-2+/t15-,17-,20+,23+,24-,25+,29+,30?/m0/s1. The van der Waals surface area contributed by atoms with E-state index in [1.807, 2.05) is 0 Å². The molecule has 9 N–H and O–H groups in total. The number of carboxylic acids is 4. The normalized spacial score (nSPS) is 27.8. The van der Waals surface area contributed by atoms with Crippen LogP contribution in [0, 0.1) is 0 Å². The Hall–Kier alpha value is -5.08. The number of carboxylic acid groups (broad SMARTS) is 4. The number of benzene rings is 1. The van der Waals surface area contributed by atoms with E-state index >= 15 is 0 Å². The molecule has 3 aliphatic rings. The highest BCUT2D eigenvalue weighted by atomic mass is 16.7. The van der Waals surface area contributed by atoms with Gasteiger partial charge < -0.3 is 65.1 Å². The first-order valence-corrected chi connectivity index (χ1v) is 14.6. The number of rotatable bonds is 13. The van der Waals surface area contributed by atoms with Crippen molar-refractivity contribution in [3.05, 3.63) is 41.6 Å². The second kappa shape index (κ2) is 14.6. The third kappa shape index (κ3) is 8.69. The van der Waals surface area contributed by atoms with Gasteiger partial charge in [0.15, 0.2) is 17.5 Å². The summed E-state index contributed by atoms with van der Waals surface area (Å²) in [7, 11) is 0. The van der Waals surface area contributed by atoms with Crippen molar-refractivity contribution in [3.63, 3.8) is 0 Å². The smallest absolute Gasteiger partial charge is 0.354 e. The molecule has 0 amide bonds. The minimum Gasteiger partial charge on any atom is -0.504 e. The number of fused-ring (bicyclic) bond motifs is 1. The average molecular weight is 695 g/mol. The molecule has 3 aliphatic heterocycles. The summed E-state index contributed by atoms with van der Waals surface area (Å²) in [5, 5.41) is 89.6. The summed E-state index contributed by atoms with van der Waals surface area (Å²) in [4.78, 5) is 63.0. The average Bonchev–Trinajstić information content (AvgIpc) is 3.35. The Labute approximate surface area is 276 Å². The lowest BCUT2D eigenvalue weighted by molar-refractivity contribution is -0.278. The first kappa shape index (κ1) is 36.8. The van der Waals surface area contributed by atoms with Gasteiger partial charge in [-0.3, -0.25) is 14.6 Å². The van der Waals surface area contributed by atoms with Gasteiger partial charge in [-0.05, 0) is 36.3 Å². The van der Waals surface area contributed by atoms with Crippen LogP contribution in [-0.4, -0.2) is 137 Å². The Kier molecular flexibility index (Phi) is 10.9. The van der Waals surface area contributed by atoms with Crippen molar-refractivity contribution in [2.24, 2.45) is 4.99 Å². The highest BCUT2D eigenvalue weighted by molar-refractivity contribution is 6.41. The summed E-state index contributed by atoms with van der Waals surface area (Å²) in [5.41, 5.74) is -1.69. The van der Waals surface area contributed by atoms with Crippen LogP contribution in [0.1, 0.15) is 31.7 Å². The summed E-state index contributed by atoms with van der Waals surface area (Å²) < 4.78 is 16.1. The number of carbonyl (C=O) groups is 5. The van der Waals surface area contributed by atoms with E-state index in [9.17, 15) is 64.8 Å². The molecule has 19 heteroatoms. The molecule has 19 nitrogen and oxygen atoms in total. The second-order valence-corrected chi connectivity index (χ2v) is 11.9. The number of anilines is 1. The molecule has 0 spiro atoms. The van der Waals surface area contributed by atoms with Crippen LogP contribution < -0.4 is 9.64 Å². The zero-order valence-electron chi connectivity index (χ0n) is 25.6. The number of esters is 1. The van der Waals surface area contributed by atoms with Crippen molar-refractivity contribution in [2.45, 2.75) is 81.0 Å². The van der Waals surface area contributed by atoms with E-state index in [-0.39, 0.29) is 29.9 Å². The predicted octanol–water partition coefficient (Wildman–Crippen LogP) is -1.62. The number of ether oxygens (including phenoxy) is 3. The molecule has 0 bridgehead atoms. The maximum atomic E-state index is 12.2. The van der Waals surface area contributed by atoms with Gasteiger partial charge in [-0.2, -0.15) is 0 Å². The molecule has 266 valence electrons. The van der Waals surface area contributed by atoms with E-state index in [4.69, 9.17) is 19.3 Å². The lowest BCUT2D eigenvalue weighted by Crippen LogP contribution is -2.60. The van der Waals surface area contributed by atoms with Gasteiger partial charge in [-0.15, -0.1) is 0 Å². The molecule has 1 fully saturated rings. The number of aliphatic imine (C=N–C) groups is 1. The first-order valence-electron chi connectivity index (χ1n) is 14.6. The number of phenolic OH excluding ortho intramolecular Hbond substituents is 1. The Bertz CT molecular complexity index is 1600. The molecule has 1 saturated heterocycles. The number of allylic oxidation sites excluding steroid dienone is 1. The van der Waals surface area contributed by atoms with Gasteiger partial charge in [0, 0.05) is 30.8 Å². The number of aromatic hydroxyl groups is 1. The largest absolute Gasteiger partial charge is 0.504 e. The number of aliphatic hydroxyl groups excluding tert-OH is 3. The van der Waals surface area contributed by atoms with Gasteiger partial charge in [-0.1, -0.05) is 0 Å². The Morgan fingerprint density at radius 1 is 1.00 bits per heavy atom. The molecule has 3 heterocycles. The number of hydrogen-bond acceptors (Lipinski definition) is 15. The van der Waals surface area contributed by atoms with Crippen molar-refractivity contribution in [3.8, 4) is 11.5 Å². The van der Waals surface area contributed by atoms with Gasteiger partial charge in [0.2, 0.25) is 6.29 Å². The van der Waals surface area contributed by atoms with Gasteiger partial charge in [0.05, 0.1) is 18.4 Å². The van der Waals surface area contributed by atoms with Crippen molar-refractivity contribution in [2.75, 3.05) is 11.5 Å². The molecule has 0 aromatic heterocycles. The van der Waals surface area contributed by atoms with Gasteiger partial charge in [0.25, 0.3) is 0 Å². The van der Waals surface area contributed by atoms with E-state index in [1.54, 1.807) is 0 Å². The topological polar surface area (TPSA) is 311 Å². The van der Waals surface area contributed by atoms with E-state index in [0.29, 0.717) is 5.56 Å². The van der Waals surface area contributed by atoms with Crippen LogP contribution in [0.25, 0.3) is 0 Å². The lowest BCUT2D eigenvalue weighted by atomic mass is 9.98. The van der Waals surface area contributed by atoms with Crippen molar-refractivity contribution in [1.82, 2.24) is 0 Å². The maximum absolute atomic E-state index is 12.2. The maximum Gasteiger partial charge on any atom is 0.354 e. The van der Waals surface area contributed by atoms with Gasteiger partial charge in [0.1, 0.15) is 42.8 Å². The first-order chi connectivity index (χ1) is 22.9. The molecule has 0 aliphatic carbocycles. The minimum atomic E-state index is -1.94. The number of dihydropyridines is 1. The number of carbonyl (C=O) groups excluding carboxylic acids is 1. The molecule has 4 rings (SSSR count). The molecule has 49 heavy (non-hydrogen) atoms. The minimum absolute atomic E-state index is 0.135. The summed E-state index contributed by atoms with van der Waals surface area (Å²) in [6, 6.07) is -0.210. The molecule has 1 aromatic carbocycles. The molecular weight excluding hydrogens is 660 g/mol.